The van der Waals surface area contributed by atoms with Crippen molar-refractivity contribution in [1.82, 2.24) is 5.32 Å². The smallest absolute Gasteiger partial charge is 0.279 e. The Hall–Kier alpha value is -1.88. The molecular formula is C16H22N2O3. The van der Waals surface area contributed by atoms with Crippen LogP contribution in [0.15, 0.2) is 24.3 Å². The average molecular weight is 290 g/mol. The third kappa shape index (κ3) is 4.04. The summed E-state index contributed by atoms with van der Waals surface area (Å²) >= 11 is 0. The van der Waals surface area contributed by atoms with E-state index in [0.29, 0.717) is 12.8 Å². The number of carboxylic acids is 1. The van der Waals surface area contributed by atoms with Crippen molar-refractivity contribution in [3.63, 3.8) is 0 Å². The third-order valence-corrected chi connectivity index (χ3v) is 3.83. The molecule has 0 aliphatic carbocycles. The van der Waals surface area contributed by atoms with E-state index in [1.54, 1.807) is 0 Å². The molecule has 0 fully saturated rings. The van der Waals surface area contributed by atoms with E-state index in [2.05, 4.69) is 11.4 Å². The molecule has 5 heteroatoms. The summed E-state index contributed by atoms with van der Waals surface area (Å²) in [4.78, 5) is 23.4. The lowest BCUT2D eigenvalue weighted by Crippen LogP contribution is -2.93. The molecule has 1 aromatic rings. The Morgan fingerprint density at radius 2 is 2.00 bits per heavy atom. The lowest BCUT2D eigenvalue weighted by atomic mass is 9.95. The number of amides is 1. The Morgan fingerprint density at radius 3 is 2.62 bits per heavy atom. The number of carbonyl (C=O) groups excluding carboxylic acids is 2. The summed E-state index contributed by atoms with van der Waals surface area (Å²) in [6.45, 7) is 4.59. The van der Waals surface area contributed by atoms with Gasteiger partial charge in [0.25, 0.3) is 5.91 Å². The summed E-state index contributed by atoms with van der Waals surface area (Å²) in [7, 11) is 0. The third-order valence-electron chi connectivity index (χ3n) is 3.83. The number of benzene rings is 1. The topological polar surface area (TPSA) is 85.8 Å². The van der Waals surface area contributed by atoms with Gasteiger partial charge in [0.2, 0.25) is 0 Å². The molecule has 1 amide bonds. The maximum atomic E-state index is 12.3. The predicted octanol–water partition coefficient (Wildman–Crippen LogP) is -1.04. The molecule has 1 aromatic carbocycles. The summed E-state index contributed by atoms with van der Waals surface area (Å²) in [5, 5.41) is 15.7. The van der Waals surface area contributed by atoms with Crippen molar-refractivity contribution in [1.29, 1.82) is 0 Å². The first-order valence-electron chi connectivity index (χ1n) is 7.38. The Bertz CT molecular complexity index is 528. The summed E-state index contributed by atoms with van der Waals surface area (Å²) in [6.07, 6.45) is 1.01. The van der Waals surface area contributed by atoms with Gasteiger partial charge in [-0.3, -0.25) is 4.79 Å². The van der Waals surface area contributed by atoms with Gasteiger partial charge < -0.3 is 20.5 Å². The number of fused-ring (bicyclic) bond motifs is 1. The molecule has 114 valence electrons. The van der Waals surface area contributed by atoms with Gasteiger partial charge in [-0.25, -0.2) is 0 Å². The second-order valence-electron chi connectivity index (χ2n) is 6.03. The molecule has 1 heterocycles. The zero-order valence-electron chi connectivity index (χ0n) is 12.5. The molecule has 5 nitrogen and oxygen atoms in total. The second-order valence-corrected chi connectivity index (χ2v) is 6.03. The normalized spacial score (nSPS) is 18.9. The molecule has 3 N–H and O–H groups in total. The maximum absolute atomic E-state index is 12.3. The fraction of sp³-hybridized carbons (Fsp3) is 0.500. The fourth-order valence-corrected chi connectivity index (χ4v) is 2.71. The molecule has 2 atom stereocenters. The highest BCUT2D eigenvalue weighted by molar-refractivity contribution is 5.85. The standard InChI is InChI=1S/C16H22N2O3/c1-10(2)7-14(16(20)21)18-15(19)13-8-11-5-3-4-6-12(11)9-17-13/h3-6,10,13-14,17H,7-9H2,1-2H3,(H,18,19)(H,20,21)/t13-,14-/m0/s1. The lowest BCUT2D eigenvalue weighted by molar-refractivity contribution is -0.695. The van der Waals surface area contributed by atoms with Crippen LogP contribution in [0.4, 0.5) is 0 Å². The molecular weight excluding hydrogens is 268 g/mol. The number of nitrogens with one attached hydrogen (secondary N) is 1. The van der Waals surface area contributed by atoms with Crippen molar-refractivity contribution in [2.24, 2.45) is 5.92 Å². The monoisotopic (exact) mass is 290 g/mol. The maximum Gasteiger partial charge on any atom is 0.279 e. The molecule has 0 radical (unpaired) electrons. The first-order chi connectivity index (χ1) is 9.97. The van der Waals surface area contributed by atoms with Crippen LogP contribution in [-0.2, 0) is 22.6 Å². The zero-order chi connectivity index (χ0) is 15.4. The van der Waals surface area contributed by atoms with Crippen molar-refractivity contribution < 1.29 is 20.0 Å². The van der Waals surface area contributed by atoms with Crippen LogP contribution in [0.2, 0.25) is 0 Å². The quantitative estimate of drug-likeness (QED) is 0.726. The van der Waals surface area contributed by atoms with E-state index in [-0.39, 0.29) is 17.9 Å². The minimum atomic E-state index is -1.21. The van der Waals surface area contributed by atoms with E-state index in [9.17, 15) is 14.7 Å². The van der Waals surface area contributed by atoms with Gasteiger partial charge in [0.05, 0.1) is 12.0 Å². The molecule has 21 heavy (non-hydrogen) atoms. The first-order valence-corrected chi connectivity index (χ1v) is 7.38. The number of carboxylic acid groups (broad SMARTS) is 1. The van der Waals surface area contributed by atoms with E-state index in [0.717, 1.165) is 12.1 Å². The largest absolute Gasteiger partial charge is 0.548 e. The molecule has 0 saturated carbocycles. The molecule has 0 saturated heterocycles. The Kier molecular flexibility index (Phi) is 4.96. The van der Waals surface area contributed by atoms with Gasteiger partial charge in [0.15, 0.2) is 6.04 Å². The summed E-state index contributed by atoms with van der Waals surface area (Å²) in [5.74, 6) is -1.25. The SMILES string of the molecule is CC(C)C[C@H](NC(=O)[C@@H]1Cc2ccccc2C[NH2+]1)C(=O)[O-]. The number of rotatable bonds is 5. The highest BCUT2D eigenvalue weighted by Gasteiger charge is 2.29. The van der Waals surface area contributed by atoms with Crippen LogP contribution in [0.25, 0.3) is 0 Å². The fourth-order valence-electron chi connectivity index (χ4n) is 2.71. The van der Waals surface area contributed by atoms with E-state index >= 15 is 0 Å². The van der Waals surface area contributed by atoms with Crippen LogP contribution in [0.3, 0.4) is 0 Å². The van der Waals surface area contributed by atoms with E-state index in [4.69, 9.17) is 0 Å². The number of hydrogen-bond donors (Lipinski definition) is 2. The summed E-state index contributed by atoms with van der Waals surface area (Å²) in [5.41, 5.74) is 2.40. The van der Waals surface area contributed by atoms with E-state index in [1.807, 2.05) is 37.4 Å². The summed E-state index contributed by atoms with van der Waals surface area (Å²) in [6, 6.07) is 6.84. The van der Waals surface area contributed by atoms with Crippen LogP contribution >= 0.6 is 0 Å². The molecule has 2 rings (SSSR count). The van der Waals surface area contributed by atoms with E-state index in [1.165, 1.54) is 5.56 Å². The van der Waals surface area contributed by atoms with Crippen LogP contribution < -0.4 is 15.7 Å². The van der Waals surface area contributed by atoms with Crippen molar-refractivity contribution in [3.8, 4) is 0 Å². The van der Waals surface area contributed by atoms with Gasteiger partial charge in [-0.05, 0) is 17.9 Å². The van der Waals surface area contributed by atoms with E-state index < -0.39 is 12.0 Å². The van der Waals surface area contributed by atoms with Crippen LogP contribution in [0.1, 0.15) is 31.4 Å². The Morgan fingerprint density at radius 1 is 1.33 bits per heavy atom. The van der Waals surface area contributed by atoms with Gasteiger partial charge in [-0.15, -0.1) is 0 Å². The highest BCUT2D eigenvalue weighted by Crippen LogP contribution is 2.13. The van der Waals surface area contributed by atoms with Gasteiger partial charge >= 0.3 is 0 Å². The van der Waals surface area contributed by atoms with Gasteiger partial charge in [-0.1, -0.05) is 38.1 Å². The second kappa shape index (κ2) is 6.72. The van der Waals surface area contributed by atoms with Gasteiger partial charge in [0.1, 0.15) is 6.54 Å². The molecule has 0 unspecified atom stereocenters. The van der Waals surface area contributed by atoms with Crippen LogP contribution in [0.5, 0.6) is 0 Å². The minimum Gasteiger partial charge on any atom is -0.548 e. The predicted molar refractivity (Wildman–Crippen MR) is 76.0 cm³/mol. The number of aliphatic carboxylic acids is 1. The van der Waals surface area contributed by atoms with Crippen molar-refractivity contribution in [3.05, 3.63) is 35.4 Å². The van der Waals surface area contributed by atoms with Crippen molar-refractivity contribution in [2.45, 2.75) is 45.3 Å². The minimum absolute atomic E-state index is 0.185. The van der Waals surface area contributed by atoms with Gasteiger partial charge in [-0.2, -0.15) is 0 Å². The molecule has 1 aliphatic heterocycles. The number of carbonyl (C=O) groups is 2. The van der Waals surface area contributed by atoms with Crippen molar-refractivity contribution in [2.75, 3.05) is 0 Å². The number of quaternary nitrogens is 1. The van der Waals surface area contributed by atoms with Crippen molar-refractivity contribution >= 4 is 11.9 Å². The zero-order valence-corrected chi connectivity index (χ0v) is 12.5. The van der Waals surface area contributed by atoms with Crippen LogP contribution in [0, 0.1) is 5.92 Å². The molecule has 1 aliphatic rings. The molecule has 0 aromatic heterocycles. The Balaban J connectivity index is 1.99. The Labute approximate surface area is 124 Å². The highest BCUT2D eigenvalue weighted by atomic mass is 16.4. The lowest BCUT2D eigenvalue weighted by Gasteiger charge is -2.26. The summed E-state index contributed by atoms with van der Waals surface area (Å²) < 4.78 is 0. The van der Waals surface area contributed by atoms with Gasteiger partial charge in [0, 0.05) is 12.0 Å². The number of hydrogen-bond acceptors (Lipinski definition) is 3. The first kappa shape index (κ1) is 15.5. The molecule has 0 spiro atoms. The molecule has 0 bridgehead atoms. The van der Waals surface area contributed by atoms with Crippen LogP contribution in [-0.4, -0.2) is 24.0 Å². The number of nitrogens with two attached hydrogens (primary N) is 1. The average Bonchev–Trinajstić information content (AvgIpc) is 2.45.